The fraction of sp³-hybridized carbons (Fsp3) is 0.152. The molecule has 0 amide bonds. The van der Waals surface area contributed by atoms with Gasteiger partial charge in [-0.1, -0.05) is 104 Å². The summed E-state index contributed by atoms with van der Waals surface area (Å²) in [6.07, 6.45) is 0.193. The number of aromatic nitrogens is 4. The molecule has 0 fully saturated rings. The Bertz CT molecular complexity index is 3620. The molecule has 59 heavy (non-hydrogen) atoms. The van der Waals surface area contributed by atoms with Crippen molar-refractivity contribution in [3.05, 3.63) is 135 Å². The van der Waals surface area contributed by atoms with E-state index in [1.165, 1.54) is 27.6 Å². The van der Waals surface area contributed by atoms with Gasteiger partial charge < -0.3 is 0 Å². The van der Waals surface area contributed by atoms with Crippen LogP contribution in [0.25, 0.3) is 96.6 Å². The molecule has 9 aromatic rings. The van der Waals surface area contributed by atoms with Gasteiger partial charge in [-0.3, -0.25) is 19.0 Å². The van der Waals surface area contributed by atoms with E-state index in [4.69, 9.17) is 11.6 Å². The van der Waals surface area contributed by atoms with Crippen molar-refractivity contribution in [2.75, 3.05) is 0 Å². The molecule has 294 valence electrons. The zero-order chi connectivity index (χ0) is 42.0. The van der Waals surface area contributed by atoms with Gasteiger partial charge in [-0.15, -0.1) is 0 Å². The number of halogens is 4. The molecule has 0 aliphatic rings. The van der Waals surface area contributed by atoms with Gasteiger partial charge in [-0.2, -0.15) is 22.9 Å². The quantitative estimate of drug-likeness (QED) is 0.0938. The lowest BCUT2D eigenvalue weighted by atomic mass is 9.95. The Morgan fingerprint density at radius 3 is 1.75 bits per heavy atom. The first-order chi connectivity index (χ1) is 28.0. The second-order valence-electron chi connectivity index (χ2n) is 15.0. The molecule has 0 aliphatic carbocycles. The molecule has 1 atom stereocenters. The maximum absolute atomic E-state index is 14.8. The molecule has 0 saturated heterocycles. The molecule has 8 nitrogen and oxygen atoms in total. The minimum atomic E-state index is -4.71. The third kappa shape index (κ3) is 5.48. The van der Waals surface area contributed by atoms with E-state index >= 15 is 0 Å². The van der Waals surface area contributed by atoms with Gasteiger partial charge in [0.25, 0.3) is 16.7 Å². The third-order valence-electron chi connectivity index (χ3n) is 11.5. The number of benzene rings is 5. The smallest absolute Gasteiger partial charge is 0.277 e. The van der Waals surface area contributed by atoms with Crippen molar-refractivity contribution < 1.29 is 13.2 Å². The molecule has 0 bridgehead atoms. The fourth-order valence-electron chi connectivity index (χ4n) is 8.60. The van der Waals surface area contributed by atoms with Gasteiger partial charge in [0.05, 0.1) is 43.1 Å². The van der Waals surface area contributed by atoms with Crippen LogP contribution in [0, 0.1) is 11.0 Å². The van der Waals surface area contributed by atoms with Crippen molar-refractivity contribution >= 4 is 118 Å². The van der Waals surface area contributed by atoms with Gasteiger partial charge in [0.1, 0.15) is 0 Å². The topological polar surface area (TPSA) is 83.3 Å². The SMILES string of the molecule is C=c1c2ccc3c(=C)n(-n4c(=C)c5ccc6c(=O)n(N=CC(C)CCCC)c(=P)c7ccc(c4=C)c5c67)c(=O)c4ccc(c(=O)n1-c1cc(Cl)cc(C(F)(F)F)c1)c2c34. The zero-order valence-corrected chi connectivity index (χ0v) is 33.7. The standard InChI is InChI=1S/C46H34ClF3N5O3P/c1-7-8-9-22(2)21-51-53-43(57)35-14-12-31-24(4)54(25(5)32-13-17-37(45(53)59)41(35)38(31)32)55-26(6)33-11-10-30-23(3)52(29-19-27(46(48,49)50)18-28(47)20-29)42(56)34-15-16-36(44(55)58)40(33)39(30)34/h10-22,59H,3-9H2,1-2H3. The maximum atomic E-state index is 14.8. The largest absolute Gasteiger partial charge is 0.416 e. The zero-order valence-electron chi connectivity index (χ0n) is 31.9. The average Bonchev–Trinajstić information content (AvgIpc) is 3.20. The molecule has 5 aromatic carbocycles. The summed E-state index contributed by atoms with van der Waals surface area (Å²) >= 11 is 6.11. The molecule has 13 heteroatoms. The van der Waals surface area contributed by atoms with Crippen molar-refractivity contribution in [1.29, 1.82) is 0 Å². The van der Waals surface area contributed by atoms with Gasteiger partial charge in [0.2, 0.25) is 0 Å². The number of rotatable bonds is 7. The number of alkyl halides is 3. The van der Waals surface area contributed by atoms with E-state index in [1.807, 2.05) is 18.2 Å². The van der Waals surface area contributed by atoms with Crippen LogP contribution in [0.2, 0.25) is 5.02 Å². The van der Waals surface area contributed by atoms with Crippen LogP contribution >= 0.6 is 20.5 Å². The summed E-state index contributed by atoms with van der Waals surface area (Å²) in [4.78, 5) is 42.9. The highest BCUT2D eigenvalue weighted by atomic mass is 35.5. The van der Waals surface area contributed by atoms with Crippen LogP contribution in [0.15, 0.2) is 86.2 Å². The first-order valence-electron chi connectivity index (χ1n) is 18.9. The molecule has 9 rings (SSSR count). The van der Waals surface area contributed by atoms with Gasteiger partial charge in [0.15, 0.2) is 0 Å². The van der Waals surface area contributed by atoms with Crippen LogP contribution in [0.5, 0.6) is 0 Å². The third-order valence-corrected chi connectivity index (χ3v) is 12.2. The van der Waals surface area contributed by atoms with Crippen molar-refractivity contribution in [2.45, 2.75) is 39.3 Å². The van der Waals surface area contributed by atoms with Crippen LogP contribution in [0.4, 0.5) is 13.2 Å². The lowest BCUT2D eigenvalue weighted by Gasteiger charge is -2.21. The van der Waals surface area contributed by atoms with Crippen LogP contribution in [0.1, 0.15) is 38.7 Å². The van der Waals surface area contributed by atoms with E-state index in [0.29, 0.717) is 58.9 Å². The van der Waals surface area contributed by atoms with Crippen molar-refractivity contribution in [3.63, 3.8) is 0 Å². The fourth-order valence-corrected chi connectivity index (χ4v) is 9.20. The van der Waals surface area contributed by atoms with Crippen LogP contribution < -0.4 is 38.1 Å². The Morgan fingerprint density at radius 1 is 0.695 bits per heavy atom. The van der Waals surface area contributed by atoms with E-state index in [1.54, 1.807) is 29.1 Å². The molecular formula is C46H34ClF3N5O3P. The van der Waals surface area contributed by atoms with E-state index in [9.17, 15) is 27.6 Å². The van der Waals surface area contributed by atoms with E-state index < -0.39 is 22.9 Å². The Balaban J connectivity index is 1.29. The monoisotopic (exact) mass is 827 g/mol. The molecule has 4 aromatic heterocycles. The number of pyridine rings is 4. The summed E-state index contributed by atoms with van der Waals surface area (Å²) in [5, 5.41) is 12.5. The maximum Gasteiger partial charge on any atom is 0.416 e. The second-order valence-corrected chi connectivity index (χ2v) is 16.0. The molecule has 0 aliphatic heterocycles. The van der Waals surface area contributed by atoms with Crippen LogP contribution in [-0.2, 0) is 6.18 Å². The Morgan fingerprint density at radius 2 is 1.17 bits per heavy atom. The number of hydrogen-bond donors (Lipinski definition) is 0. The number of nitrogens with zero attached hydrogens (tertiary/aromatic N) is 5. The van der Waals surface area contributed by atoms with E-state index in [2.05, 4.69) is 54.1 Å². The van der Waals surface area contributed by atoms with Crippen molar-refractivity contribution in [2.24, 2.45) is 11.0 Å². The summed E-state index contributed by atoms with van der Waals surface area (Å²) in [6.45, 7) is 21.6. The molecule has 0 N–H and O–H groups in total. The highest BCUT2D eigenvalue weighted by molar-refractivity contribution is 7.07. The molecule has 0 radical (unpaired) electrons. The average molecular weight is 828 g/mol. The van der Waals surface area contributed by atoms with Gasteiger partial charge >= 0.3 is 6.18 Å². The Kier molecular flexibility index (Phi) is 8.67. The molecule has 1 unspecified atom stereocenters. The predicted molar refractivity (Wildman–Crippen MR) is 238 cm³/mol. The summed E-state index contributed by atoms with van der Waals surface area (Å²) in [7, 11) is 3.73. The Hall–Kier alpha value is -6.29. The van der Waals surface area contributed by atoms with Crippen LogP contribution in [-0.4, -0.2) is 24.8 Å². The molecular weight excluding hydrogens is 794 g/mol. The molecule has 0 spiro atoms. The highest BCUT2D eigenvalue weighted by Gasteiger charge is 2.32. The van der Waals surface area contributed by atoms with Crippen LogP contribution in [0.3, 0.4) is 0 Å². The first-order valence-corrected chi connectivity index (χ1v) is 19.7. The highest BCUT2D eigenvalue weighted by Crippen LogP contribution is 2.34. The summed E-state index contributed by atoms with van der Waals surface area (Å²) in [5.41, 5.74) is -2.50. The van der Waals surface area contributed by atoms with Crippen molar-refractivity contribution in [1.82, 2.24) is 18.6 Å². The van der Waals surface area contributed by atoms with Crippen molar-refractivity contribution in [3.8, 4) is 5.69 Å². The summed E-state index contributed by atoms with van der Waals surface area (Å²) in [6, 6.07) is 16.7. The summed E-state index contributed by atoms with van der Waals surface area (Å²) < 4.78 is 46.9. The number of hydrogen-bond acceptors (Lipinski definition) is 4. The Labute approximate surface area is 339 Å². The van der Waals surface area contributed by atoms with Gasteiger partial charge in [-0.25, -0.2) is 9.35 Å². The van der Waals surface area contributed by atoms with Gasteiger partial charge in [-0.05, 0) is 48.7 Å². The second kappa shape index (κ2) is 13.4. The number of unbranched alkanes of at least 4 members (excludes halogenated alkanes) is 1. The minimum absolute atomic E-state index is 0.0963. The lowest BCUT2D eigenvalue weighted by Crippen LogP contribution is -2.49. The summed E-state index contributed by atoms with van der Waals surface area (Å²) in [5.74, 6) is 0.189. The van der Waals surface area contributed by atoms with E-state index in [-0.39, 0.29) is 43.7 Å². The molecule has 0 saturated carbocycles. The normalized spacial score (nSPS) is 13.2. The minimum Gasteiger partial charge on any atom is -0.277 e. The van der Waals surface area contributed by atoms with Gasteiger partial charge in [0, 0.05) is 70.4 Å². The predicted octanol–water partition coefficient (Wildman–Crippen LogP) is 7.72. The van der Waals surface area contributed by atoms with E-state index in [0.717, 1.165) is 46.7 Å². The first kappa shape index (κ1) is 38.2. The molecule has 4 heterocycles. The lowest BCUT2D eigenvalue weighted by molar-refractivity contribution is -0.137.